The van der Waals surface area contributed by atoms with Gasteiger partial charge in [0.15, 0.2) is 0 Å². The van der Waals surface area contributed by atoms with Crippen LogP contribution in [0.15, 0.2) is 24.8 Å². The van der Waals surface area contributed by atoms with Crippen LogP contribution in [0.25, 0.3) is 0 Å². The average molecular weight is 245 g/mol. The summed E-state index contributed by atoms with van der Waals surface area (Å²) in [4.78, 5) is 0. The Hall–Kier alpha value is -1.58. The van der Waals surface area contributed by atoms with Crippen molar-refractivity contribution in [2.45, 2.75) is 46.7 Å². The van der Waals surface area contributed by atoms with Gasteiger partial charge in [-0.1, -0.05) is 6.92 Å². The highest BCUT2D eigenvalue weighted by Crippen LogP contribution is 2.22. The van der Waals surface area contributed by atoms with Gasteiger partial charge >= 0.3 is 0 Å². The van der Waals surface area contributed by atoms with Gasteiger partial charge in [0, 0.05) is 42.0 Å². The Labute approximate surface area is 109 Å². The number of hydrogen-bond acceptors (Lipinski definition) is 2. The molecule has 0 spiro atoms. The van der Waals surface area contributed by atoms with E-state index in [1.807, 2.05) is 21.8 Å². The smallest absolute Gasteiger partial charge is 0.0531 e. The Morgan fingerprint density at radius 3 is 2.44 bits per heavy atom. The lowest BCUT2D eigenvalue weighted by molar-refractivity contribution is 0.532. The second kappa shape index (κ2) is 5.38. The van der Waals surface area contributed by atoms with Crippen LogP contribution < -0.4 is 0 Å². The maximum Gasteiger partial charge on any atom is 0.0531 e. The molecule has 0 aliphatic carbocycles. The first-order valence-corrected chi connectivity index (χ1v) is 6.52. The molecule has 0 amide bonds. The third-order valence-electron chi connectivity index (χ3n) is 3.08. The predicted molar refractivity (Wildman–Crippen MR) is 72.3 cm³/mol. The topological polar surface area (TPSA) is 35.6 Å². The maximum atomic E-state index is 4.37. The minimum Gasteiger partial charge on any atom is -0.272 e. The lowest BCUT2D eigenvalue weighted by atomic mass is 9.99. The highest BCUT2D eigenvalue weighted by Gasteiger charge is 2.14. The zero-order valence-corrected chi connectivity index (χ0v) is 11.6. The molecular formula is C14H21N4. The molecule has 0 fully saturated rings. The number of aryl methyl sites for hydroxylation is 1. The second-order valence-corrected chi connectivity index (χ2v) is 4.92. The fraction of sp³-hybridized carbons (Fsp3) is 0.500. The van der Waals surface area contributed by atoms with Crippen LogP contribution in [0.4, 0.5) is 0 Å². The van der Waals surface area contributed by atoms with Crippen LogP contribution in [0.5, 0.6) is 0 Å². The SMILES string of the molecule is CCCn1cc([C](C)c2cnn(C(C)C)c2)cn1. The molecular weight excluding hydrogens is 224 g/mol. The molecule has 2 aromatic heterocycles. The van der Waals surface area contributed by atoms with Gasteiger partial charge in [0.2, 0.25) is 0 Å². The Balaban J connectivity index is 2.15. The zero-order valence-electron chi connectivity index (χ0n) is 11.6. The molecule has 0 aromatic carbocycles. The van der Waals surface area contributed by atoms with Gasteiger partial charge in [-0.05, 0) is 27.2 Å². The van der Waals surface area contributed by atoms with Gasteiger partial charge in [-0.2, -0.15) is 10.2 Å². The van der Waals surface area contributed by atoms with Gasteiger partial charge in [-0.15, -0.1) is 0 Å². The molecule has 2 aromatic rings. The predicted octanol–water partition coefficient (Wildman–Crippen LogP) is 3.06. The van der Waals surface area contributed by atoms with Crippen molar-refractivity contribution in [2.24, 2.45) is 0 Å². The fourth-order valence-corrected chi connectivity index (χ4v) is 1.89. The van der Waals surface area contributed by atoms with Crippen LogP contribution >= 0.6 is 0 Å². The molecule has 0 bridgehead atoms. The number of nitrogens with zero attached hydrogens (tertiary/aromatic N) is 4. The summed E-state index contributed by atoms with van der Waals surface area (Å²) in [5.41, 5.74) is 2.34. The molecule has 97 valence electrons. The van der Waals surface area contributed by atoms with Crippen LogP contribution in [-0.2, 0) is 6.54 Å². The lowest BCUT2D eigenvalue weighted by Gasteiger charge is -2.06. The summed E-state index contributed by atoms with van der Waals surface area (Å²) in [6.07, 6.45) is 9.15. The molecule has 0 saturated heterocycles. The van der Waals surface area contributed by atoms with Crippen LogP contribution in [-0.4, -0.2) is 19.6 Å². The Morgan fingerprint density at radius 2 is 1.83 bits per heavy atom. The maximum absolute atomic E-state index is 4.37. The van der Waals surface area contributed by atoms with Crippen molar-refractivity contribution < 1.29 is 0 Å². The van der Waals surface area contributed by atoms with Gasteiger partial charge in [0.05, 0.1) is 12.4 Å². The molecule has 0 atom stereocenters. The zero-order chi connectivity index (χ0) is 13.1. The Bertz CT molecular complexity index is 495. The molecule has 18 heavy (non-hydrogen) atoms. The van der Waals surface area contributed by atoms with Crippen LogP contribution in [0.1, 0.15) is 51.3 Å². The van der Waals surface area contributed by atoms with E-state index in [4.69, 9.17) is 0 Å². The summed E-state index contributed by atoms with van der Waals surface area (Å²) in [6, 6.07) is 0.398. The van der Waals surface area contributed by atoms with E-state index in [9.17, 15) is 0 Å². The summed E-state index contributed by atoms with van der Waals surface area (Å²) in [5.74, 6) is 1.23. The molecule has 0 unspecified atom stereocenters. The minimum atomic E-state index is 0.398. The summed E-state index contributed by atoms with van der Waals surface area (Å²) in [7, 11) is 0. The van der Waals surface area contributed by atoms with Crippen molar-refractivity contribution in [3.05, 3.63) is 41.8 Å². The van der Waals surface area contributed by atoms with Crippen LogP contribution in [0.2, 0.25) is 0 Å². The van der Waals surface area contributed by atoms with E-state index in [2.05, 4.69) is 50.3 Å². The summed E-state index contributed by atoms with van der Waals surface area (Å²) in [5, 5.41) is 8.74. The van der Waals surface area contributed by atoms with Crippen molar-refractivity contribution in [1.82, 2.24) is 19.6 Å². The summed E-state index contributed by atoms with van der Waals surface area (Å²) < 4.78 is 3.97. The van der Waals surface area contributed by atoms with Crippen molar-refractivity contribution in [3.8, 4) is 0 Å². The lowest BCUT2D eigenvalue weighted by Crippen LogP contribution is -2.00. The van der Waals surface area contributed by atoms with Gasteiger partial charge in [0.25, 0.3) is 0 Å². The van der Waals surface area contributed by atoms with E-state index < -0.39 is 0 Å². The molecule has 0 N–H and O–H groups in total. The van der Waals surface area contributed by atoms with E-state index in [0.29, 0.717) is 6.04 Å². The van der Waals surface area contributed by atoms with E-state index in [1.54, 1.807) is 0 Å². The summed E-state index contributed by atoms with van der Waals surface area (Å²) in [6.45, 7) is 9.51. The van der Waals surface area contributed by atoms with Gasteiger partial charge < -0.3 is 0 Å². The van der Waals surface area contributed by atoms with Crippen molar-refractivity contribution in [2.75, 3.05) is 0 Å². The largest absolute Gasteiger partial charge is 0.272 e. The Kier molecular flexibility index (Phi) is 3.84. The molecule has 2 heterocycles. The highest BCUT2D eigenvalue weighted by molar-refractivity contribution is 5.40. The normalized spacial score (nSPS) is 11.7. The number of hydrogen-bond donors (Lipinski definition) is 0. The van der Waals surface area contributed by atoms with E-state index in [0.717, 1.165) is 13.0 Å². The first-order chi connectivity index (χ1) is 8.61. The molecule has 4 heteroatoms. The van der Waals surface area contributed by atoms with E-state index >= 15 is 0 Å². The second-order valence-electron chi connectivity index (χ2n) is 4.92. The van der Waals surface area contributed by atoms with Gasteiger partial charge in [-0.25, -0.2) is 0 Å². The first-order valence-electron chi connectivity index (χ1n) is 6.52. The number of rotatable bonds is 5. The van der Waals surface area contributed by atoms with Gasteiger partial charge in [-0.3, -0.25) is 9.36 Å². The van der Waals surface area contributed by atoms with E-state index in [-0.39, 0.29) is 0 Å². The molecule has 0 aliphatic rings. The summed E-state index contributed by atoms with van der Waals surface area (Å²) >= 11 is 0. The standard InChI is InChI=1S/C14H21N4/c1-5-6-17-9-13(7-15-17)12(4)14-8-16-18(10-14)11(2)3/h7-11H,5-6H2,1-4H3. The third-order valence-corrected chi connectivity index (χ3v) is 3.08. The average Bonchev–Trinajstić information content (AvgIpc) is 2.97. The first kappa shape index (κ1) is 12.9. The Morgan fingerprint density at radius 1 is 1.17 bits per heavy atom. The molecule has 4 nitrogen and oxygen atoms in total. The van der Waals surface area contributed by atoms with Crippen molar-refractivity contribution in [3.63, 3.8) is 0 Å². The third kappa shape index (κ3) is 2.63. The highest BCUT2D eigenvalue weighted by atomic mass is 15.3. The monoisotopic (exact) mass is 245 g/mol. The minimum absolute atomic E-state index is 0.398. The fourth-order valence-electron chi connectivity index (χ4n) is 1.89. The molecule has 2 rings (SSSR count). The van der Waals surface area contributed by atoms with Gasteiger partial charge in [0.1, 0.15) is 0 Å². The molecule has 1 radical (unpaired) electrons. The van der Waals surface area contributed by atoms with Crippen molar-refractivity contribution in [1.29, 1.82) is 0 Å². The van der Waals surface area contributed by atoms with Crippen molar-refractivity contribution >= 4 is 0 Å². The molecule has 0 aliphatic heterocycles. The van der Waals surface area contributed by atoms with Crippen LogP contribution in [0.3, 0.4) is 0 Å². The molecule has 0 saturated carbocycles. The number of aromatic nitrogens is 4. The quantitative estimate of drug-likeness (QED) is 0.811. The van der Waals surface area contributed by atoms with E-state index in [1.165, 1.54) is 17.0 Å². The van der Waals surface area contributed by atoms with Crippen LogP contribution in [0, 0.1) is 5.92 Å².